The van der Waals surface area contributed by atoms with E-state index in [1.807, 2.05) is 36.4 Å². The lowest BCUT2D eigenvalue weighted by atomic mass is 10.2. The van der Waals surface area contributed by atoms with Crippen molar-refractivity contribution < 1.29 is 14.3 Å². The Bertz CT molecular complexity index is 626. The number of benzene rings is 2. The number of nitrogens with two attached hydrogens (primary N) is 1. The van der Waals surface area contributed by atoms with Crippen LogP contribution in [0.1, 0.15) is 12.5 Å². The Morgan fingerprint density at radius 1 is 1.18 bits per heavy atom. The highest BCUT2D eigenvalue weighted by Crippen LogP contribution is 2.20. The van der Waals surface area contributed by atoms with Crippen LogP contribution < -0.4 is 20.5 Å². The second kappa shape index (κ2) is 7.47. The summed E-state index contributed by atoms with van der Waals surface area (Å²) in [6.45, 7) is 2.17. The summed E-state index contributed by atoms with van der Waals surface area (Å²) < 4.78 is 10.7. The first-order chi connectivity index (χ1) is 10.6. The minimum atomic E-state index is -0.624. The van der Waals surface area contributed by atoms with Gasteiger partial charge in [-0.15, -0.1) is 0 Å². The minimum Gasteiger partial charge on any atom is -0.497 e. The molecule has 5 heteroatoms. The van der Waals surface area contributed by atoms with Gasteiger partial charge >= 0.3 is 0 Å². The lowest BCUT2D eigenvalue weighted by molar-refractivity contribution is -0.122. The van der Waals surface area contributed by atoms with Crippen LogP contribution in [-0.4, -0.2) is 19.1 Å². The fourth-order valence-electron chi connectivity index (χ4n) is 1.90. The van der Waals surface area contributed by atoms with E-state index in [1.54, 1.807) is 26.2 Å². The van der Waals surface area contributed by atoms with Gasteiger partial charge in [-0.2, -0.15) is 0 Å². The van der Waals surface area contributed by atoms with Crippen LogP contribution in [0.5, 0.6) is 11.5 Å². The van der Waals surface area contributed by atoms with E-state index in [-0.39, 0.29) is 5.91 Å². The summed E-state index contributed by atoms with van der Waals surface area (Å²) >= 11 is 0. The van der Waals surface area contributed by atoms with Crippen LogP contribution in [0.15, 0.2) is 48.5 Å². The molecule has 2 aromatic rings. The Hall–Kier alpha value is -2.53. The van der Waals surface area contributed by atoms with Crippen molar-refractivity contribution in [3.8, 4) is 11.5 Å². The lowest BCUT2D eigenvalue weighted by Gasteiger charge is -2.15. The molecule has 3 N–H and O–H groups in total. The van der Waals surface area contributed by atoms with Crippen molar-refractivity contribution in [1.82, 2.24) is 0 Å². The predicted molar refractivity (Wildman–Crippen MR) is 86.0 cm³/mol. The molecule has 2 rings (SSSR count). The number of rotatable bonds is 6. The molecule has 0 radical (unpaired) electrons. The first-order valence-corrected chi connectivity index (χ1v) is 7.03. The highest BCUT2D eigenvalue weighted by molar-refractivity contribution is 5.94. The van der Waals surface area contributed by atoms with E-state index in [1.165, 1.54) is 0 Å². The minimum absolute atomic E-state index is 0.219. The molecular weight excluding hydrogens is 280 g/mol. The van der Waals surface area contributed by atoms with Crippen LogP contribution in [0, 0.1) is 0 Å². The number of anilines is 1. The zero-order valence-corrected chi connectivity index (χ0v) is 12.7. The topological polar surface area (TPSA) is 73.6 Å². The van der Waals surface area contributed by atoms with Gasteiger partial charge in [0.2, 0.25) is 0 Å². The first kappa shape index (κ1) is 15.9. The summed E-state index contributed by atoms with van der Waals surface area (Å²) in [6, 6.07) is 14.5. The number of hydrogen-bond acceptors (Lipinski definition) is 4. The molecule has 0 spiro atoms. The maximum absolute atomic E-state index is 12.1. The summed E-state index contributed by atoms with van der Waals surface area (Å²) in [5.41, 5.74) is 7.27. The van der Waals surface area contributed by atoms with Gasteiger partial charge in [0.1, 0.15) is 11.5 Å². The van der Waals surface area contributed by atoms with Gasteiger partial charge in [0.25, 0.3) is 5.91 Å². The van der Waals surface area contributed by atoms with Gasteiger partial charge in [-0.3, -0.25) is 4.79 Å². The van der Waals surface area contributed by atoms with E-state index in [0.717, 1.165) is 5.56 Å². The fourth-order valence-corrected chi connectivity index (χ4v) is 1.90. The van der Waals surface area contributed by atoms with Crippen LogP contribution in [0.3, 0.4) is 0 Å². The van der Waals surface area contributed by atoms with E-state index < -0.39 is 6.10 Å². The second-order valence-corrected chi connectivity index (χ2v) is 4.83. The molecule has 0 aliphatic heterocycles. The molecular formula is C17H20N2O3. The molecule has 0 saturated heterocycles. The van der Waals surface area contributed by atoms with Crippen molar-refractivity contribution in [3.63, 3.8) is 0 Å². The Morgan fingerprint density at radius 3 is 2.50 bits per heavy atom. The standard InChI is InChI=1S/C17H20N2O3/c1-12(22-16-5-3-4-15(10-16)21-2)17(20)19-14-8-6-13(11-18)7-9-14/h3-10,12H,11,18H2,1-2H3,(H,19,20). The Morgan fingerprint density at radius 2 is 1.86 bits per heavy atom. The molecule has 22 heavy (non-hydrogen) atoms. The highest BCUT2D eigenvalue weighted by atomic mass is 16.5. The predicted octanol–water partition coefficient (Wildman–Crippen LogP) is 2.56. The molecule has 0 bridgehead atoms. The maximum atomic E-state index is 12.1. The van der Waals surface area contributed by atoms with E-state index in [9.17, 15) is 4.79 Å². The lowest BCUT2D eigenvalue weighted by Crippen LogP contribution is -2.30. The molecule has 1 unspecified atom stereocenters. The molecule has 0 heterocycles. The molecule has 1 amide bonds. The third-order valence-corrected chi connectivity index (χ3v) is 3.18. The van der Waals surface area contributed by atoms with Gasteiger partial charge in [0.05, 0.1) is 7.11 Å². The average molecular weight is 300 g/mol. The third-order valence-electron chi connectivity index (χ3n) is 3.18. The van der Waals surface area contributed by atoms with Gasteiger partial charge in [-0.05, 0) is 36.8 Å². The number of hydrogen-bond donors (Lipinski definition) is 2. The van der Waals surface area contributed by atoms with Crippen LogP contribution in [0.2, 0.25) is 0 Å². The smallest absolute Gasteiger partial charge is 0.265 e. The van der Waals surface area contributed by atoms with E-state index in [2.05, 4.69) is 5.32 Å². The van der Waals surface area contributed by atoms with Crippen molar-refractivity contribution in [2.75, 3.05) is 12.4 Å². The SMILES string of the molecule is COc1cccc(OC(C)C(=O)Nc2ccc(CN)cc2)c1. The summed E-state index contributed by atoms with van der Waals surface area (Å²) in [5, 5.41) is 2.81. The molecule has 116 valence electrons. The van der Waals surface area contributed by atoms with Crippen LogP contribution in [-0.2, 0) is 11.3 Å². The van der Waals surface area contributed by atoms with Gasteiger partial charge in [0, 0.05) is 18.3 Å². The van der Waals surface area contributed by atoms with Crippen molar-refractivity contribution in [2.45, 2.75) is 19.6 Å². The molecule has 0 aromatic heterocycles. The molecule has 2 aromatic carbocycles. The van der Waals surface area contributed by atoms with Crippen LogP contribution in [0.4, 0.5) is 5.69 Å². The van der Waals surface area contributed by atoms with E-state index in [4.69, 9.17) is 15.2 Å². The monoisotopic (exact) mass is 300 g/mol. The number of carbonyl (C=O) groups is 1. The van der Waals surface area contributed by atoms with Crippen LogP contribution in [0.25, 0.3) is 0 Å². The number of carbonyl (C=O) groups excluding carboxylic acids is 1. The fraction of sp³-hybridized carbons (Fsp3) is 0.235. The van der Waals surface area contributed by atoms with Crippen LogP contribution >= 0.6 is 0 Å². The Kier molecular flexibility index (Phi) is 5.38. The van der Waals surface area contributed by atoms with Gasteiger partial charge in [-0.25, -0.2) is 0 Å². The third kappa shape index (κ3) is 4.23. The zero-order chi connectivity index (χ0) is 15.9. The summed E-state index contributed by atoms with van der Waals surface area (Å²) in [4.78, 5) is 12.1. The largest absolute Gasteiger partial charge is 0.497 e. The van der Waals surface area contributed by atoms with Gasteiger partial charge < -0.3 is 20.5 Å². The van der Waals surface area contributed by atoms with Gasteiger partial charge in [-0.1, -0.05) is 18.2 Å². The quantitative estimate of drug-likeness (QED) is 0.860. The second-order valence-electron chi connectivity index (χ2n) is 4.83. The highest BCUT2D eigenvalue weighted by Gasteiger charge is 2.15. The summed E-state index contributed by atoms with van der Waals surface area (Å²) in [5.74, 6) is 1.05. The molecule has 0 aliphatic rings. The summed E-state index contributed by atoms with van der Waals surface area (Å²) in [7, 11) is 1.58. The van der Waals surface area contributed by atoms with Crippen molar-refractivity contribution in [3.05, 3.63) is 54.1 Å². The van der Waals surface area contributed by atoms with Crippen molar-refractivity contribution in [1.29, 1.82) is 0 Å². The van der Waals surface area contributed by atoms with Crippen molar-refractivity contribution >= 4 is 11.6 Å². The molecule has 0 saturated carbocycles. The number of nitrogens with one attached hydrogen (secondary N) is 1. The molecule has 0 aliphatic carbocycles. The van der Waals surface area contributed by atoms with E-state index >= 15 is 0 Å². The molecule has 1 atom stereocenters. The maximum Gasteiger partial charge on any atom is 0.265 e. The van der Waals surface area contributed by atoms with Crippen molar-refractivity contribution in [2.24, 2.45) is 5.73 Å². The number of methoxy groups -OCH3 is 1. The normalized spacial score (nSPS) is 11.6. The summed E-state index contributed by atoms with van der Waals surface area (Å²) in [6.07, 6.45) is -0.624. The number of amides is 1. The Balaban J connectivity index is 1.96. The average Bonchev–Trinajstić information content (AvgIpc) is 2.55. The molecule has 0 fully saturated rings. The van der Waals surface area contributed by atoms with Gasteiger partial charge in [0.15, 0.2) is 6.10 Å². The zero-order valence-electron chi connectivity index (χ0n) is 12.7. The Labute approximate surface area is 130 Å². The molecule has 5 nitrogen and oxygen atoms in total. The van der Waals surface area contributed by atoms with E-state index in [0.29, 0.717) is 23.7 Å². The number of ether oxygens (including phenoxy) is 2. The first-order valence-electron chi connectivity index (χ1n) is 7.03.